The number of benzene rings is 2. The molecule has 0 aliphatic rings. The Morgan fingerprint density at radius 2 is 1.69 bits per heavy atom. The van der Waals surface area contributed by atoms with Crippen LogP contribution in [0.1, 0.15) is 36.2 Å². The number of carbonyl (C=O) groups is 1. The van der Waals surface area contributed by atoms with Crippen molar-refractivity contribution in [2.75, 3.05) is 17.6 Å². The SMILES string of the molecule is CCCS(=O)(=O)NCC(C)(O)c1ccc(NC(=O)c2ccccc2)cc1. The van der Waals surface area contributed by atoms with Gasteiger partial charge < -0.3 is 10.4 Å². The number of sulfonamides is 1. The molecule has 0 radical (unpaired) electrons. The van der Waals surface area contributed by atoms with Crippen molar-refractivity contribution in [1.29, 1.82) is 0 Å². The standard InChI is InChI=1S/C19H24N2O4S/c1-3-13-26(24,25)20-14-19(2,23)16-9-11-17(12-10-16)21-18(22)15-7-5-4-6-8-15/h4-12,20,23H,3,13-14H2,1-2H3,(H,21,22). The van der Waals surface area contributed by atoms with E-state index >= 15 is 0 Å². The number of hydrogen-bond acceptors (Lipinski definition) is 4. The van der Waals surface area contributed by atoms with E-state index in [0.717, 1.165) is 0 Å². The van der Waals surface area contributed by atoms with E-state index < -0.39 is 15.6 Å². The van der Waals surface area contributed by atoms with E-state index in [1.807, 2.05) is 6.07 Å². The maximum absolute atomic E-state index is 12.1. The molecule has 0 spiro atoms. The van der Waals surface area contributed by atoms with Gasteiger partial charge in [0.1, 0.15) is 5.60 Å². The lowest BCUT2D eigenvalue weighted by Crippen LogP contribution is -2.39. The first-order valence-electron chi connectivity index (χ1n) is 8.40. The van der Waals surface area contributed by atoms with Crippen molar-refractivity contribution in [2.45, 2.75) is 25.9 Å². The van der Waals surface area contributed by atoms with Crippen LogP contribution in [0, 0.1) is 0 Å². The maximum atomic E-state index is 12.1. The Bertz CT molecular complexity index is 832. The maximum Gasteiger partial charge on any atom is 0.255 e. The summed E-state index contributed by atoms with van der Waals surface area (Å²) in [6, 6.07) is 15.5. The van der Waals surface area contributed by atoms with Gasteiger partial charge in [-0.1, -0.05) is 37.3 Å². The third kappa shape index (κ3) is 5.66. The average molecular weight is 376 g/mol. The average Bonchev–Trinajstić information content (AvgIpc) is 2.61. The van der Waals surface area contributed by atoms with E-state index in [1.54, 1.807) is 62.4 Å². The van der Waals surface area contributed by atoms with Gasteiger partial charge in [0.05, 0.1) is 5.75 Å². The highest BCUT2D eigenvalue weighted by atomic mass is 32.2. The van der Waals surface area contributed by atoms with Crippen LogP contribution in [0.4, 0.5) is 5.69 Å². The fourth-order valence-corrected chi connectivity index (χ4v) is 3.58. The first-order chi connectivity index (χ1) is 12.2. The van der Waals surface area contributed by atoms with Crippen LogP contribution in [0.3, 0.4) is 0 Å². The second kappa shape index (κ2) is 8.44. The minimum absolute atomic E-state index is 0.0214. The molecule has 0 aliphatic heterocycles. The molecule has 0 heterocycles. The van der Waals surface area contributed by atoms with Crippen LogP contribution in [0.2, 0.25) is 0 Å². The summed E-state index contributed by atoms with van der Waals surface area (Å²) in [5.41, 5.74) is 0.330. The molecule has 0 saturated heterocycles. The van der Waals surface area contributed by atoms with Gasteiger partial charge >= 0.3 is 0 Å². The van der Waals surface area contributed by atoms with E-state index in [0.29, 0.717) is 23.2 Å². The molecule has 1 atom stereocenters. The van der Waals surface area contributed by atoms with Crippen LogP contribution in [-0.4, -0.2) is 31.7 Å². The molecule has 140 valence electrons. The number of hydrogen-bond donors (Lipinski definition) is 3. The van der Waals surface area contributed by atoms with Crippen LogP contribution in [0.15, 0.2) is 54.6 Å². The molecule has 0 saturated carbocycles. The number of aliphatic hydroxyl groups is 1. The molecule has 0 bridgehead atoms. The molecular weight excluding hydrogens is 352 g/mol. The predicted octanol–water partition coefficient (Wildman–Crippen LogP) is 2.48. The van der Waals surface area contributed by atoms with Crippen LogP contribution in [-0.2, 0) is 15.6 Å². The molecule has 3 N–H and O–H groups in total. The molecule has 0 aromatic heterocycles. The van der Waals surface area contributed by atoms with Crippen molar-refractivity contribution in [1.82, 2.24) is 4.72 Å². The van der Waals surface area contributed by atoms with E-state index in [9.17, 15) is 18.3 Å². The first-order valence-corrected chi connectivity index (χ1v) is 10.1. The molecular formula is C19H24N2O4S. The molecule has 1 amide bonds. The van der Waals surface area contributed by atoms with Gasteiger partial charge in [-0.05, 0) is 43.2 Å². The Labute approximate surface area is 154 Å². The van der Waals surface area contributed by atoms with Crippen LogP contribution in [0.25, 0.3) is 0 Å². The molecule has 7 heteroatoms. The van der Waals surface area contributed by atoms with Gasteiger partial charge in [-0.25, -0.2) is 13.1 Å². The second-order valence-corrected chi connectivity index (χ2v) is 8.24. The zero-order valence-corrected chi connectivity index (χ0v) is 15.7. The van der Waals surface area contributed by atoms with Crippen LogP contribution in [0.5, 0.6) is 0 Å². The molecule has 26 heavy (non-hydrogen) atoms. The molecule has 2 aromatic carbocycles. The van der Waals surface area contributed by atoms with E-state index in [1.165, 1.54) is 0 Å². The number of anilines is 1. The highest BCUT2D eigenvalue weighted by molar-refractivity contribution is 7.89. The van der Waals surface area contributed by atoms with Gasteiger partial charge in [0.15, 0.2) is 0 Å². The second-order valence-electron chi connectivity index (χ2n) is 6.31. The predicted molar refractivity (Wildman–Crippen MR) is 102 cm³/mol. The minimum atomic E-state index is -3.39. The minimum Gasteiger partial charge on any atom is -0.384 e. The number of carbonyl (C=O) groups excluding carboxylic acids is 1. The lowest BCUT2D eigenvalue weighted by molar-refractivity contribution is 0.0628. The van der Waals surface area contributed by atoms with E-state index in [4.69, 9.17) is 0 Å². The topological polar surface area (TPSA) is 95.5 Å². The summed E-state index contributed by atoms with van der Waals surface area (Å²) in [5, 5.41) is 13.3. The van der Waals surface area contributed by atoms with Crippen molar-refractivity contribution in [3.05, 3.63) is 65.7 Å². The first kappa shape index (κ1) is 20.1. The van der Waals surface area contributed by atoms with Crippen LogP contribution < -0.4 is 10.0 Å². The van der Waals surface area contributed by atoms with Gasteiger partial charge in [-0.15, -0.1) is 0 Å². The third-order valence-corrected chi connectivity index (χ3v) is 5.44. The summed E-state index contributed by atoms with van der Waals surface area (Å²) in [6.45, 7) is 3.20. The normalized spacial score (nSPS) is 13.8. The summed E-state index contributed by atoms with van der Waals surface area (Å²) in [7, 11) is -3.39. The summed E-state index contributed by atoms with van der Waals surface area (Å²) in [5.74, 6) is -0.203. The Morgan fingerprint density at radius 1 is 1.08 bits per heavy atom. The molecule has 0 fully saturated rings. The lowest BCUT2D eigenvalue weighted by Gasteiger charge is -2.24. The number of amides is 1. The van der Waals surface area contributed by atoms with Gasteiger partial charge in [-0.3, -0.25) is 4.79 Å². The van der Waals surface area contributed by atoms with E-state index in [-0.39, 0.29) is 18.2 Å². The lowest BCUT2D eigenvalue weighted by atomic mass is 9.96. The van der Waals surface area contributed by atoms with Gasteiger partial charge in [0.25, 0.3) is 5.91 Å². The van der Waals surface area contributed by atoms with Gasteiger partial charge in [-0.2, -0.15) is 0 Å². The van der Waals surface area contributed by atoms with Crippen LogP contribution >= 0.6 is 0 Å². The molecule has 0 aliphatic carbocycles. The molecule has 1 unspecified atom stereocenters. The summed E-state index contributed by atoms with van der Waals surface area (Å²) in [6.07, 6.45) is 0.507. The highest BCUT2D eigenvalue weighted by Gasteiger charge is 2.25. The molecule has 6 nitrogen and oxygen atoms in total. The largest absolute Gasteiger partial charge is 0.384 e. The monoisotopic (exact) mass is 376 g/mol. The highest BCUT2D eigenvalue weighted by Crippen LogP contribution is 2.22. The quantitative estimate of drug-likeness (QED) is 0.659. The van der Waals surface area contributed by atoms with Gasteiger partial charge in [0.2, 0.25) is 10.0 Å². The molecule has 2 rings (SSSR count). The Balaban J connectivity index is 2.02. The Kier molecular flexibility index (Phi) is 6.52. The third-order valence-electron chi connectivity index (χ3n) is 3.91. The van der Waals surface area contributed by atoms with Crippen molar-refractivity contribution < 1.29 is 18.3 Å². The summed E-state index contributed by atoms with van der Waals surface area (Å²) in [4.78, 5) is 12.1. The molecule has 2 aromatic rings. The summed E-state index contributed by atoms with van der Waals surface area (Å²) >= 11 is 0. The number of rotatable bonds is 8. The zero-order chi connectivity index (χ0) is 19.2. The smallest absolute Gasteiger partial charge is 0.255 e. The van der Waals surface area contributed by atoms with E-state index in [2.05, 4.69) is 10.0 Å². The van der Waals surface area contributed by atoms with Crippen molar-refractivity contribution in [3.63, 3.8) is 0 Å². The zero-order valence-electron chi connectivity index (χ0n) is 14.9. The fourth-order valence-electron chi connectivity index (χ4n) is 2.40. The Hall–Kier alpha value is -2.22. The summed E-state index contributed by atoms with van der Waals surface area (Å²) < 4.78 is 25.9. The van der Waals surface area contributed by atoms with Crippen molar-refractivity contribution in [2.24, 2.45) is 0 Å². The van der Waals surface area contributed by atoms with Crippen molar-refractivity contribution in [3.8, 4) is 0 Å². The number of nitrogens with one attached hydrogen (secondary N) is 2. The van der Waals surface area contributed by atoms with Crippen molar-refractivity contribution >= 4 is 21.6 Å². The fraction of sp³-hybridized carbons (Fsp3) is 0.316. The van der Waals surface area contributed by atoms with Gasteiger partial charge in [0, 0.05) is 17.8 Å². The Morgan fingerprint density at radius 3 is 2.27 bits per heavy atom.